The van der Waals surface area contributed by atoms with Gasteiger partial charge in [0.25, 0.3) is 0 Å². The zero-order valence-electron chi connectivity index (χ0n) is 16.9. The van der Waals surface area contributed by atoms with Gasteiger partial charge in [0.05, 0.1) is 23.2 Å². The summed E-state index contributed by atoms with van der Waals surface area (Å²) in [6, 6.07) is 9.01. The molecule has 0 aliphatic heterocycles. The van der Waals surface area contributed by atoms with Gasteiger partial charge in [0.2, 0.25) is 5.78 Å². The number of H-pyrrole nitrogens is 1. The highest BCUT2D eigenvalue weighted by molar-refractivity contribution is 6.00. The molecule has 0 saturated carbocycles. The van der Waals surface area contributed by atoms with Crippen LogP contribution in [-0.2, 0) is 10.9 Å². The number of rotatable bonds is 3. The lowest BCUT2D eigenvalue weighted by molar-refractivity contribution is -0.136. The van der Waals surface area contributed by atoms with Crippen molar-refractivity contribution in [2.45, 2.75) is 33.9 Å². The summed E-state index contributed by atoms with van der Waals surface area (Å²) in [5.41, 5.74) is 1.87. The van der Waals surface area contributed by atoms with Crippen molar-refractivity contribution in [1.29, 1.82) is 0 Å². The number of imidazole rings is 2. The van der Waals surface area contributed by atoms with Crippen molar-refractivity contribution in [3.05, 3.63) is 58.3 Å². The summed E-state index contributed by atoms with van der Waals surface area (Å²) in [7, 11) is 0. The summed E-state index contributed by atoms with van der Waals surface area (Å²) in [6.07, 6.45) is -4.56. The molecule has 0 bridgehead atoms. The highest BCUT2D eigenvalue weighted by atomic mass is 19.4. The molecule has 0 aliphatic carbocycles. The fourth-order valence-corrected chi connectivity index (χ4v) is 3.91. The van der Waals surface area contributed by atoms with Gasteiger partial charge < -0.3 is 9.72 Å². The summed E-state index contributed by atoms with van der Waals surface area (Å²) in [5.74, 6) is -0.485. The van der Waals surface area contributed by atoms with Crippen molar-refractivity contribution in [2.24, 2.45) is 0 Å². The number of aryl methyl sites for hydroxylation is 1. The maximum Gasteiger partial charge on any atom is 0.418 e. The van der Waals surface area contributed by atoms with Crippen LogP contribution in [-0.4, -0.2) is 26.9 Å². The number of benzene rings is 2. The van der Waals surface area contributed by atoms with E-state index in [1.807, 2.05) is 6.07 Å². The summed E-state index contributed by atoms with van der Waals surface area (Å²) in [4.78, 5) is 20.2. The number of alkyl halides is 3. The third-order valence-corrected chi connectivity index (χ3v) is 5.48. The molecule has 0 radical (unpaired) electrons. The lowest BCUT2D eigenvalue weighted by Gasteiger charge is -2.16. The van der Waals surface area contributed by atoms with Crippen LogP contribution in [0.3, 0.4) is 0 Å². The second-order valence-corrected chi connectivity index (χ2v) is 7.15. The van der Waals surface area contributed by atoms with Crippen molar-refractivity contribution in [2.75, 3.05) is 6.61 Å². The Hall–Kier alpha value is -3.29. The second-order valence-electron chi connectivity index (χ2n) is 7.15. The number of carbonyl (C=O) groups excluding carboxylic acids is 1. The minimum Gasteiger partial charge on any atom is -0.461 e. The van der Waals surface area contributed by atoms with E-state index in [0.29, 0.717) is 22.4 Å². The minimum absolute atomic E-state index is 0.0873. The van der Waals surface area contributed by atoms with Gasteiger partial charge in [-0.25, -0.2) is 9.78 Å². The van der Waals surface area contributed by atoms with Crippen LogP contribution in [0.2, 0.25) is 0 Å². The highest BCUT2D eigenvalue weighted by Gasteiger charge is 2.38. The molecule has 0 saturated heterocycles. The van der Waals surface area contributed by atoms with Gasteiger partial charge in [-0.05, 0) is 44.4 Å². The average molecular weight is 415 g/mol. The molecule has 156 valence electrons. The zero-order valence-corrected chi connectivity index (χ0v) is 16.9. The van der Waals surface area contributed by atoms with E-state index < -0.39 is 17.7 Å². The van der Waals surface area contributed by atoms with Crippen molar-refractivity contribution >= 4 is 22.8 Å². The standard InChI is InChI=1S/C22H20F3N3O2/c1-5-30-20(29)19-16(14-9-7-6-8-10-14)26-21-27-17-15(22(23,24)25)12(3)11(2)13(4)18(17)28(19)21/h6-10H,5H2,1-4H3,(H,26,27). The molecule has 4 aromatic rings. The highest BCUT2D eigenvalue weighted by Crippen LogP contribution is 2.41. The monoisotopic (exact) mass is 415 g/mol. The molecule has 0 spiro atoms. The Balaban J connectivity index is 2.19. The SMILES string of the molecule is CCOC(=O)c1c(-c2ccccc2)nc2[nH]c3c(C(F)(F)F)c(C)c(C)c(C)c3n12. The Labute approximate surface area is 170 Å². The van der Waals surface area contributed by atoms with Gasteiger partial charge in [0, 0.05) is 5.56 Å². The molecule has 8 heteroatoms. The fraction of sp³-hybridized carbons (Fsp3) is 0.273. The van der Waals surface area contributed by atoms with Gasteiger partial charge in [-0.15, -0.1) is 0 Å². The largest absolute Gasteiger partial charge is 0.461 e. The molecule has 2 aromatic carbocycles. The first-order chi connectivity index (χ1) is 14.2. The molecule has 0 unspecified atom stereocenters. The molecule has 4 rings (SSSR count). The average Bonchev–Trinajstić information content (AvgIpc) is 3.22. The molecule has 0 atom stereocenters. The molecular formula is C22H20F3N3O2. The first-order valence-corrected chi connectivity index (χ1v) is 9.50. The van der Waals surface area contributed by atoms with E-state index in [2.05, 4.69) is 9.97 Å². The van der Waals surface area contributed by atoms with E-state index in [4.69, 9.17) is 4.74 Å². The Morgan fingerprint density at radius 2 is 1.77 bits per heavy atom. The molecule has 2 aromatic heterocycles. The minimum atomic E-state index is -4.56. The molecule has 5 nitrogen and oxygen atoms in total. The van der Waals surface area contributed by atoms with Gasteiger partial charge in [-0.1, -0.05) is 30.3 Å². The van der Waals surface area contributed by atoms with Crippen molar-refractivity contribution in [3.63, 3.8) is 0 Å². The summed E-state index contributed by atoms with van der Waals surface area (Å²) in [5, 5.41) is 0. The number of hydrogen-bond donors (Lipinski definition) is 1. The maximum absolute atomic E-state index is 13.9. The molecule has 2 heterocycles. The first kappa shape index (κ1) is 20.0. The topological polar surface area (TPSA) is 59.4 Å². The van der Waals surface area contributed by atoms with Gasteiger partial charge in [-0.2, -0.15) is 13.2 Å². The van der Waals surface area contributed by atoms with E-state index in [-0.39, 0.29) is 34.7 Å². The Morgan fingerprint density at radius 3 is 2.37 bits per heavy atom. The Morgan fingerprint density at radius 1 is 1.10 bits per heavy atom. The second kappa shape index (κ2) is 6.90. The summed E-state index contributed by atoms with van der Waals surface area (Å²) < 4.78 is 48.4. The van der Waals surface area contributed by atoms with Crippen LogP contribution in [0.25, 0.3) is 28.1 Å². The van der Waals surface area contributed by atoms with Crippen LogP contribution in [0.15, 0.2) is 30.3 Å². The third-order valence-electron chi connectivity index (χ3n) is 5.48. The van der Waals surface area contributed by atoms with Crippen LogP contribution in [0.5, 0.6) is 0 Å². The van der Waals surface area contributed by atoms with E-state index >= 15 is 0 Å². The predicted octanol–water partition coefficient (Wildman–Crippen LogP) is 5.60. The fourth-order valence-electron chi connectivity index (χ4n) is 3.91. The van der Waals surface area contributed by atoms with E-state index in [1.54, 1.807) is 45.0 Å². The van der Waals surface area contributed by atoms with Gasteiger partial charge in [0.1, 0.15) is 5.69 Å². The molecule has 1 N–H and O–H groups in total. The number of aromatic nitrogens is 3. The predicted molar refractivity (Wildman–Crippen MR) is 108 cm³/mol. The number of fused-ring (bicyclic) bond motifs is 3. The number of halogens is 3. The van der Waals surface area contributed by atoms with Crippen LogP contribution in [0.1, 0.15) is 39.7 Å². The number of ether oxygens (including phenoxy) is 1. The number of hydrogen-bond acceptors (Lipinski definition) is 3. The van der Waals surface area contributed by atoms with Crippen molar-refractivity contribution in [3.8, 4) is 11.3 Å². The maximum atomic E-state index is 13.9. The van der Waals surface area contributed by atoms with Gasteiger partial charge >= 0.3 is 12.1 Å². The summed E-state index contributed by atoms with van der Waals surface area (Å²) >= 11 is 0. The molecule has 0 aliphatic rings. The molecular weight excluding hydrogens is 395 g/mol. The molecule has 0 amide bonds. The number of carbonyl (C=O) groups is 1. The number of nitrogens with zero attached hydrogens (tertiary/aromatic N) is 2. The smallest absolute Gasteiger partial charge is 0.418 e. The van der Waals surface area contributed by atoms with E-state index in [1.165, 1.54) is 11.3 Å². The lowest BCUT2D eigenvalue weighted by atomic mass is 9.96. The zero-order chi connectivity index (χ0) is 21.8. The van der Waals surface area contributed by atoms with Crippen LogP contribution in [0.4, 0.5) is 13.2 Å². The van der Waals surface area contributed by atoms with Crippen LogP contribution < -0.4 is 0 Å². The first-order valence-electron chi connectivity index (χ1n) is 9.50. The lowest BCUT2D eigenvalue weighted by Crippen LogP contribution is -2.12. The number of nitrogens with one attached hydrogen (secondary N) is 1. The van der Waals surface area contributed by atoms with Crippen LogP contribution >= 0.6 is 0 Å². The Bertz CT molecular complexity index is 1280. The molecule has 0 fully saturated rings. The quantitative estimate of drug-likeness (QED) is 0.443. The van der Waals surface area contributed by atoms with Crippen molar-refractivity contribution < 1.29 is 22.7 Å². The number of aromatic amines is 1. The van der Waals surface area contributed by atoms with Gasteiger partial charge in [-0.3, -0.25) is 4.40 Å². The summed E-state index contributed by atoms with van der Waals surface area (Å²) in [6.45, 7) is 6.66. The van der Waals surface area contributed by atoms with Crippen LogP contribution in [0, 0.1) is 20.8 Å². The van der Waals surface area contributed by atoms with E-state index in [9.17, 15) is 18.0 Å². The van der Waals surface area contributed by atoms with Crippen molar-refractivity contribution in [1.82, 2.24) is 14.4 Å². The Kier molecular flexibility index (Phi) is 4.60. The van der Waals surface area contributed by atoms with Gasteiger partial charge in [0.15, 0.2) is 5.69 Å². The number of esters is 1. The molecule has 30 heavy (non-hydrogen) atoms. The van der Waals surface area contributed by atoms with E-state index in [0.717, 1.165) is 0 Å². The normalized spacial score (nSPS) is 12.1. The third kappa shape index (κ3) is 2.86.